The lowest BCUT2D eigenvalue weighted by atomic mass is 9.93. The third-order valence-corrected chi connectivity index (χ3v) is 3.86. The van der Waals surface area contributed by atoms with Crippen molar-refractivity contribution in [3.63, 3.8) is 0 Å². The van der Waals surface area contributed by atoms with Crippen molar-refractivity contribution >= 4 is 12.0 Å². The molecule has 1 heterocycles. The van der Waals surface area contributed by atoms with E-state index in [2.05, 4.69) is 36.1 Å². The number of amides is 1. The predicted octanol–water partition coefficient (Wildman–Crippen LogP) is 2.29. The van der Waals surface area contributed by atoms with Crippen molar-refractivity contribution in [3.05, 3.63) is 42.0 Å². The highest BCUT2D eigenvalue weighted by Gasteiger charge is 2.27. The summed E-state index contributed by atoms with van der Waals surface area (Å²) in [6.07, 6.45) is 6.26. The number of carbonyl (C=O) groups is 1. The van der Waals surface area contributed by atoms with Gasteiger partial charge in [0, 0.05) is 19.1 Å². The number of likely N-dealkylation sites (tertiary alicyclic amines) is 1. The molecule has 1 aromatic rings. The maximum atomic E-state index is 11.3. The van der Waals surface area contributed by atoms with Gasteiger partial charge in [-0.1, -0.05) is 42.5 Å². The summed E-state index contributed by atoms with van der Waals surface area (Å²) >= 11 is 0. The predicted molar refractivity (Wildman–Crippen MR) is 78.4 cm³/mol. The Hall–Kier alpha value is -1.61. The number of hydrogen-bond donors (Lipinski definition) is 1. The van der Waals surface area contributed by atoms with Gasteiger partial charge < -0.3 is 5.73 Å². The van der Waals surface area contributed by atoms with Gasteiger partial charge in [-0.2, -0.15) is 0 Å². The van der Waals surface area contributed by atoms with Crippen LogP contribution < -0.4 is 5.73 Å². The molecule has 3 heteroatoms. The fourth-order valence-corrected chi connectivity index (χ4v) is 2.55. The molecule has 2 atom stereocenters. The maximum absolute atomic E-state index is 11.3. The molecule has 2 rings (SSSR count). The molecule has 1 aliphatic heterocycles. The molecule has 3 nitrogen and oxygen atoms in total. The van der Waals surface area contributed by atoms with Gasteiger partial charge in [0.1, 0.15) is 0 Å². The lowest BCUT2D eigenvalue weighted by Crippen LogP contribution is -2.45. The fourth-order valence-electron chi connectivity index (χ4n) is 2.55. The van der Waals surface area contributed by atoms with Crippen molar-refractivity contribution in [2.75, 3.05) is 13.1 Å². The van der Waals surface area contributed by atoms with Crippen molar-refractivity contribution in [2.45, 2.75) is 25.8 Å². The molecule has 1 saturated heterocycles. The van der Waals surface area contributed by atoms with Crippen LogP contribution in [0.3, 0.4) is 0 Å². The van der Waals surface area contributed by atoms with Gasteiger partial charge in [0.15, 0.2) is 0 Å². The molecule has 0 saturated carbocycles. The summed E-state index contributed by atoms with van der Waals surface area (Å²) in [5, 5.41) is 0. The second-order valence-corrected chi connectivity index (χ2v) is 5.29. The van der Waals surface area contributed by atoms with E-state index in [4.69, 9.17) is 5.73 Å². The van der Waals surface area contributed by atoms with E-state index in [0.717, 1.165) is 25.9 Å². The normalized spacial score (nSPS) is 24.7. The highest BCUT2D eigenvalue weighted by atomic mass is 16.1. The Morgan fingerprint density at radius 2 is 2.11 bits per heavy atom. The summed E-state index contributed by atoms with van der Waals surface area (Å²) in [5.74, 6) is -0.148. The van der Waals surface area contributed by atoms with Crippen LogP contribution in [0.5, 0.6) is 0 Å². The Morgan fingerprint density at radius 1 is 1.37 bits per heavy atom. The second-order valence-electron chi connectivity index (χ2n) is 5.29. The van der Waals surface area contributed by atoms with Gasteiger partial charge >= 0.3 is 0 Å². The Balaban J connectivity index is 1.90. The third kappa shape index (κ3) is 3.93. The van der Waals surface area contributed by atoms with Gasteiger partial charge in [-0.3, -0.25) is 9.69 Å². The summed E-state index contributed by atoms with van der Waals surface area (Å²) in [5.41, 5.74) is 6.62. The number of piperidine rings is 1. The van der Waals surface area contributed by atoms with E-state index in [9.17, 15) is 4.79 Å². The van der Waals surface area contributed by atoms with Crippen LogP contribution in [0.25, 0.3) is 6.08 Å². The number of primary amides is 1. The van der Waals surface area contributed by atoms with Crippen LogP contribution in [-0.4, -0.2) is 29.9 Å². The monoisotopic (exact) mass is 258 g/mol. The van der Waals surface area contributed by atoms with Crippen LogP contribution in [0.15, 0.2) is 36.4 Å². The first-order valence-electron chi connectivity index (χ1n) is 6.92. The zero-order valence-corrected chi connectivity index (χ0v) is 11.5. The molecule has 0 radical (unpaired) electrons. The van der Waals surface area contributed by atoms with Crippen molar-refractivity contribution < 1.29 is 4.79 Å². The van der Waals surface area contributed by atoms with Crippen molar-refractivity contribution in [1.82, 2.24) is 4.90 Å². The molecule has 1 aliphatic rings. The number of rotatable bonds is 4. The minimum Gasteiger partial charge on any atom is -0.369 e. The standard InChI is InChI=1S/C16H22N2O/c1-13-9-10-15(16(17)19)12-18(13)11-5-8-14-6-3-2-4-7-14/h2-8,13,15H,9-12H2,1H3,(H2,17,19)/b8-5+. The van der Waals surface area contributed by atoms with Crippen LogP contribution in [0.1, 0.15) is 25.3 Å². The molecule has 19 heavy (non-hydrogen) atoms. The Labute approximate surface area is 115 Å². The molecule has 2 N–H and O–H groups in total. The van der Waals surface area contributed by atoms with Gasteiger partial charge in [0.05, 0.1) is 5.92 Å². The Kier molecular flexibility index (Phi) is 4.74. The van der Waals surface area contributed by atoms with Crippen molar-refractivity contribution in [3.8, 4) is 0 Å². The SMILES string of the molecule is CC1CCC(C(N)=O)CN1C/C=C/c1ccccc1. The van der Waals surface area contributed by atoms with Gasteiger partial charge in [-0.15, -0.1) is 0 Å². The summed E-state index contributed by atoms with van der Waals surface area (Å²) in [6, 6.07) is 10.8. The van der Waals surface area contributed by atoms with E-state index >= 15 is 0 Å². The van der Waals surface area contributed by atoms with Gasteiger partial charge in [-0.05, 0) is 25.3 Å². The fraction of sp³-hybridized carbons (Fsp3) is 0.438. The second kappa shape index (κ2) is 6.53. The number of carbonyl (C=O) groups excluding carboxylic acids is 1. The zero-order chi connectivity index (χ0) is 13.7. The topological polar surface area (TPSA) is 46.3 Å². The van der Waals surface area contributed by atoms with E-state index in [0.29, 0.717) is 6.04 Å². The zero-order valence-electron chi connectivity index (χ0n) is 11.5. The third-order valence-electron chi connectivity index (χ3n) is 3.86. The van der Waals surface area contributed by atoms with Gasteiger partial charge in [-0.25, -0.2) is 0 Å². The average molecular weight is 258 g/mol. The minimum atomic E-state index is -0.163. The number of hydrogen-bond acceptors (Lipinski definition) is 2. The first kappa shape index (κ1) is 13.8. The molecule has 102 valence electrons. The quantitative estimate of drug-likeness (QED) is 0.900. The first-order chi connectivity index (χ1) is 9.16. The Morgan fingerprint density at radius 3 is 2.79 bits per heavy atom. The summed E-state index contributed by atoms with van der Waals surface area (Å²) in [4.78, 5) is 13.6. The summed E-state index contributed by atoms with van der Waals surface area (Å²) in [7, 11) is 0. The van der Waals surface area contributed by atoms with Crippen LogP contribution >= 0.6 is 0 Å². The molecule has 1 amide bonds. The van der Waals surface area contributed by atoms with Crippen LogP contribution in [0, 0.1) is 5.92 Å². The van der Waals surface area contributed by atoms with Crippen LogP contribution in [-0.2, 0) is 4.79 Å². The molecule has 0 aliphatic carbocycles. The lowest BCUT2D eigenvalue weighted by Gasteiger charge is -2.36. The lowest BCUT2D eigenvalue weighted by molar-refractivity contribution is -0.123. The molecule has 0 bridgehead atoms. The van der Waals surface area contributed by atoms with Crippen molar-refractivity contribution in [1.29, 1.82) is 0 Å². The summed E-state index contributed by atoms with van der Waals surface area (Å²) < 4.78 is 0. The highest BCUT2D eigenvalue weighted by molar-refractivity contribution is 5.77. The number of benzene rings is 1. The maximum Gasteiger partial charge on any atom is 0.221 e. The van der Waals surface area contributed by atoms with Crippen molar-refractivity contribution in [2.24, 2.45) is 11.7 Å². The number of nitrogens with two attached hydrogens (primary N) is 1. The molecular weight excluding hydrogens is 236 g/mol. The molecular formula is C16H22N2O. The van der Waals surface area contributed by atoms with Crippen LogP contribution in [0.4, 0.5) is 0 Å². The van der Waals surface area contributed by atoms with E-state index < -0.39 is 0 Å². The molecule has 1 aromatic carbocycles. The molecule has 2 unspecified atom stereocenters. The smallest absolute Gasteiger partial charge is 0.221 e. The molecule has 1 fully saturated rings. The van der Waals surface area contributed by atoms with E-state index in [-0.39, 0.29) is 11.8 Å². The Bertz CT molecular complexity index is 441. The molecule has 0 aromatic heterocycles. The van der Waals surface area contributed by atoms with Gasteiger partial charge in [0.2, 0.25) is 5.91 Å². The van der Waals surface area contributed by atoms with E-state index in [1.807, 2.05) is 18.2 Å². The minimum absolute atomic E-state index is 0.0151. The highest BCUT2D eigenvalue weighted by Crippen LogP contribution is 2.21. The largest absolute Gasteiger partial charge is 0.369 e. The first-order valence-corrected chi connectivity index (χ1v) is 6.92. The van der Waals surface area contributed by atoms with Gasteiger partial charge in [0.25, 0.3) is 0 Å². The summed E-state index contributed by atoms with van der Waals surface area (Å²) in [6.45, 7) is 3.88. The molecule has 0 spiro atoms. The average Bonchev–Trinajstić information content (AvgIpc) is 2.42. The van der Waals surface area contributed by atoms with E-state index in [1.165, 1.54) is 5.56 Å². The van der Waals surface area contributed by atoms with Crippen LogP contribution in [0.2, 0.25) is 0 Å². The van der Waals surface area contributed by atoms with E-state index in [1.54, 1.807) is 0 Å². The number of nitrogens with zero attached hydrogens (tertiary/aromatic N) is 1.